The normalized spacial score (nSPS) is 13.4. The molecule has 7 heteroatoms. The van der Waals surface area contributed by atoms with Crippen LogP contribution in [0.25, 0.3) is 11.1 Å². The van der Waals surface area contributed by atoms with Crippen LogP contribution in [0.1, 0.15) is 37.0 Å². The highest BCUT2D eigenvalue weighted by molar-refractivity contribution is 6.21. The van der Waals surface area contributed by atoms with Gasteiger partial charge in [-0.15, -0.1) is 0 Å². The number of hydrogen-bond acceptors (Lipinski definition) is 6. The summed E-state index contributed by atoms with van der Waals surface area (Å²) in [5.74, 6) is -1.17. The second-order valence-corrected chi connectivity index (χ2v) is 5.58. The Kier molecular flexibility index (Phi) is 3.35. The van der Waals surface area contributed by atoms with Gasteiger partial charge in [0.2, 0.25) is 5.89 Å². The van der Waals surface area contributed by atoms with Crippen LogP contribution in [0.2, 0.25) is 0 Å². The molecule has 0 bridgehead atoms. The van der Waals surface area contributed by atoms with Gasteiger partial charge in [-0.2, -0.15) is 0 Å². The summed E-state index contributed by atoms with van der Waals surface area (Å²) >= 11 is 0. The minimum Gasteiger partial charge on any atom is -0.452 e. The van der Waals surface area contributed by atoms with Crippen molar-refractivity contribution in [3.8, 4) is 0 Å². The molecule has 0 aliphatic carbocycles. The second kappa shape index (κ2) is 5.55. The molecule has 3 aromatic rings. The Balaban J connectivity index is 1.52. The Morgan fingerprint density at radius 1 is 1.12 bits per heavy atom. The summed E-state index contributed by atoms with van der Waals surface area (Å²) in [5.41, 5.74) is 1.95. The van der Waals surface area contributed by atoms with Crippen LogP contribution in [0.15, 0.2) is 46.9 Å². The summed E-state index contributed by atoms with van der Waals surface area (Å²) in [4.78, 5) is 41.3. The van der Waals surface area contributed by atoms with E-state index in [1.54, 1.807) is 12.1 Å². The van der Waals surface area contributed by atoms with E-state index in [1.165, 1.54) is 25.2 Å². The quantitative estimate of drug-likeness (QED) is 0.539. The Bertz CT molecular complexity index is 1000. The van der Waals surface area contributed by atoms with Crippen molar-refractivity contribution in [3.63, 3.8) is 0 Å². The van der Waals surface area contributed by atoms with E-state index in [-0.39, 0.29) is 35.1 Å². The van der Waals surface area contributed by atoms with Crippen LogP contribution in [0.3, 0.4) is 0 Å². The van der Waals surface area contributed by atoms with Gasteiger partial charge < -0.3 is 9.15 Å². The SMILES string of the molecule is CN1C(=O)c2ccc(C(=O)OCc3nc4ccccc4o3)cc2C1=O. The van der Waals surface area contributed by atoms with E-state index in [0.717, 1.165) is 4.90 Å². The van der Waals surface area contributed by atoms with Gasteiger partial charge in [-0.1, -0.05) is 12.1 Å². The van der Waals surface area contributed by atoms with Gasteiger partial charge >= 0.3 is 5.97 Å². The van der Waals surface area contributed by atoms with Crippen LogP contribution in [0, 0.1) is 0 Å². The first-order valence-electron chi connectivity index (χ1n) is 7.52. The second-order valence-electron chi connectivity index (χ2n) is 5.58. The largest absolute Gasteiger partial charge is 0.452 e. The molecule has 7 nitrogen and oxygen atoms in total. The van der Waals surface area contributed by atoms with E-state index < -0.39 is 11.9 Å². The Morgan fingerprint density at radius 2 is 1.88 bits per heavy atom. The maximum atomic E-state index is 12.2. The average Bonchev–Trinajstić information content (AvgIpc) is 3.14. The number of aromatic nitrogens is 1. The number of benzene rings is 2. The summed E-state index contributed by atoms with van der Waals surface area (Å²) in [5, 5.41) is 0. The summed E-state index contributed by atoms with van der Waals surface area (Å²) in [7, 11) is 1.40. The molecule has 0 unspecified atom stereocenters. The molecule has 0 atom stereocenters. The standard InChI is InChI=1S/C18H12N2O5/c1-20-16(21)11-7-6-10(8-12(11)17(20)22)18(23)24-9-15-19-13-4-2-3-5-14(13)25-15/h2-8H,9H2,1H3. The van der Waals surface area contributed by atoms with E-state index in [2.05, 4.69) is 4.98 Å². The highest BCUT2D eigenvalue weighted by Crippen LogP contribution is 2.23. The fraction of sp³-hybridized carbons (Fsp3) is 0.111. The van der Waals surface area contributed by atoms with Crippen LogP contribution in [0.4, 0.5) is 0 Å². The first-order chi connectivity index (χ1) is 12.0. The zero-order valence-corrected chi connectivity index (χ0v) is 13.2. The predicted octanol–water partition coefficient (Wildman–Crippen LogP) is 2.41. The van der Waals surface area contributed by atoms with Gasteiger partial charge in [0.25, 0.3) is 11.8 Å². The van der Waals surface area contributed by atoms with Crippen LogP contribution in [0.5, 0.6) is 0 Å². The molecular weight excluding hydrogens is 324 g/mol. The van der Waals surface area contributed by atoms with Crippen LogP contribution >= 0.6 is 0 Å². The molecule has 1 aliphatic heterocycles. The van der Waals surface area contributed by atoms with Gasteiger partial charge in [-0.05, 0) is 30.3 Å². The number of imide groups is 1. The van der Waals surface area contributed by atoms with Gasteiger partial charge in [-0.25, -0.2) is 9.78 Å². The van der Waals surface area contributed by atoms with Crippen molar-refractivity contribution in [1.82, 2.24) is 9.88 Å². The number of fused-ring (bicyclic) bond motifs is 2. The van der Waals surface area contributed by atoms with Gasteiger partial charge in [0.15, 0.2) is 12.2 Å². The molecular formula is C18H12N2O5. The molecule has 1 aliphatic rings. The first-order valence-corrected chi connectivity index (χ1v) is 7.52. The Hall–Kier alpha value is -3.48. The van der Waals surface area contributed by atoms with Crippen LogP contribution in [-0.4, -0.2) is 34.7 Å². The third-order valence-corrected chi connectivity index (χ3v) is 3.99. The lowest BCUT2D eigenvalue weighted by Crippen LogP contribution is -2.24. The lowest BCUT2D eigenvalue weighted by Gasteiger charge is -2.03. The molecule has 4 rings (SSSR count). The number of carbonyl (C=O) groups is 3. The number of ether oxygens (including phenoxy) is 1. The van der Waals surface area contributed by atoms with E-state index in [0.29, 0.717) is 11.1 Å². The molecule has 25 heavy (non-hydrogen) atoms. The van der Waals surface area contributed by atoms with Crippen molar-refractivity contribution in [2.75, 3.05) is 7.05 Å². The molecule has 2 amide bonds. The molecule has 2 aromatic carbocycles. The van der Waals surface area contributed by atoms with Crippen LogP contribution < -0.4 is 0 Å². The molecule has 0 spiro atoms. The average molecular weight is 336 g/mol. The number of carbonyl (C=O) groups excluding carboxylic acids is 3. The van der Waals surface area contributed by atoms with Gasteiger partial charge in [0.05, 0.1) is 16.7 Å². The van der Waals surface area contributed by atoms with E-state index in [9.17, 15) is 14.4 Å². The fourth-order valence-corrected chi connectivity index (χ4v) is 2.68. The first kappa shape index (κ1) is 15.1. The maximum Gasteiger partial charge on any atom is 0.338 e. The molecule has 1 aromatic heterocycles. The van der Waals surface area contributed by atoms with Crippen molar-refractivity contribution in [2.24, 2.45) is 0 Å². The minimum absolute atomic E-state index is 0.128. The molecule has 0 saturated carbocycles. The molecule has 0 radical (unpaired) electrons. The van der Waals surface area contributed by atoms with E-state index in [1.807, 2.05) is 12.1 Å². The van der Waals surface area contributed by atoms with Crippen molar-refractivity contribution in [3.05, 3.63) is 65.0 Å². The molecule has 2 heterocycles. The topological polar surface area (TPSA) is 89.7 Å². The molecule has 0 saturated heterocycles. The van der Waals surface area contributed by atoms with Gasteiger partial charge in [-0.3, -0.25) is 14.5 Å². The lowest BCUT2D eigenvalue weighted by molar-refractivity contribution is 0.0440. The van der Waals surface area contributed by atoms with Gasteiger partial charge in [0.1, 0.15) is 5.52 Å². The summed E-state index contributed by atoms with van der Waals surface area (Å²) in [6.45, 7) is -0.128. The number of oxazole rings is 1. The molecule has 124 valence electrons. The zero-order chi connectivity index (χ0) is 17.6. The number of nitrogens with zero attached hydrogens (tertiary/aromatic N) is 2. The molecule has 0 N–H and O–H groups in total. The van der Waals surface area contributed by atoms with Crippen molar-refractivity contribution >= 4 is 28.9 Å². The predicted molar refractivity (Wildman–Crippen MR) is 86.0 cm³/mol. The fourth-order valence-electron chi connectivity index (χ4n) is 2.68. The van der Waals surface area contributed by atoms with E-state index in [4.69, 9.17) is 9.15 Å². The minimum atomic E-state index is -0.625. The van der Waals surface area contributed by atoms with Crippen molar-refractivity contribution in [2.45, 2.75) is 6.61 Å². The van der Waals surface area contributed by atoms with Crippen LogP contribution in [-0.2, 0) is 11.3 Å². The summed E-state index contributed by atoms with van der Waals surface area (Å²) in [6.07, 6.45) is 0. The van der Waals surface area contributed by atoms with E-state index >= 15 is 0 Å². The number of hydrogen-bond donors (Lipinski definition) is 0. The van der Waals surface area contributed by atoms with Crippen molar-refractivity contribution in [1.29, 1.82) is 0 Å². The smallest absolute Gasteiger partial charge is 0.338 e. The third kappa shape index (κ3) is 2.46. The maximum absolute atomic E-state index is 12.2. The molecule has 0 fully saturated rings. The Morgan fingerprint density at radius 3 is 2.68 bits per heavy atom. The third-order valence-electron chi connectivity index (χ3n) is 3.99. The highest BCUT2D eigenvalue weighted by Gasteiger charge is 2.33. The highest BCUT2D eigenvalue weighted by atomic mass is 16.5. The summed E-state index contributed by atoms with van der Waals surface area (Å²) < 4.78 is 10.7. The number of esters is 1. The lowest BCUT2D eigenvalue weighted by atomic mass is 10.1. The number of rotatable bonds is 3. The monoisotopic (exact) mass is 336 g/mol. The van der Waals surface area contributed by atoms with Gasteiger partial charge in [0, 0.05) is 7.05 Å². The number of para-hydroxylation sites is 2. The Labute approximate surface area is 141 Å². The summed E-state index contributed by atoms with van der Waals surface area (Å²) in [6, 6.07) is 11.5. The van der Waals surface area contributed by atoms with Crippen molar-refractivity contribution < 1.29 is 23.5 Å². The zero-order valence-electron chi connectivity index (χ0n) is 13.2. The number of amides is 2.